The summed E-state index contributed by atoms with van der Waals surface area (Å²) in [6, 6.07) is 8.84. The molecule has 0 unspecified atom stereocenters. The largest absolute Gasteiger partial charge is 0.369 e. The molecule has 1 aliphatic carbocycles. The Balaban J connectivity index is 1.41. The highest BCUT2D eigenvalue weighted by molar-refractivity contribution is 6.42. The van der Waals surface area contributed by atoms with Gasteiger partial charge in [-0.15, -0.1) is 0 Å². The second kappa shape index (κ2) is 9.83. The number of amides is 2. The predicted molar refractivity (Wildman–Crippen MR) is 133 cm³/mol. The van der Waals surface area contributed by atoms with Gasteiger partial charge < -0.3 is 16.0 Å². The molecule has 5 rings (SSSR count). The molecule has 1 aromatic carbocycles. The van der Waals surface area contributed by atoms with Crippen molar-refractivity contribution in [1.29, 1.82) is 0 Å². The van der Waals surface area contributed by atoms with Crippen molar-refractivity contribution in [2.24, 2.45) is 11.7 Å². The lowest BCUT2D eigenvalue weighted by Crippen LogP contribution is -2.45. The Hall–Kier alpha value is -3.17. The van der Waals surface area contributed by atoms with E-state index in [1.165, 1.54) is 0 Å². The number of nitrogens with two attached hydrogens (primary N) is 1. The summed E-state index contributed by atoms with van der Waals surface area (Å²) < 4.78 is 1.63. The summed E-state index contributed by atoms with van der Waals surface area (Å²) in [7, 11) is 0. The number of nitrogens with one attached hydrogen (secondary N) is 1. The molecule has 1 atom stereocenters. The van der Waals surface area contributed by atoms with Crippen LogP contribution < -0.4 is 11.1 Å². The monoisotopic (exact) mass is 513 g/mol. The number of rotatable bonds is 7. The standard InChI is InChI=1S/C24H25Cl2N7O2/c25-18-6-5-15(10-19(18)26)20-11-17(12-21(27)34)31-33(20)22-7-8-28-24(30-22)29-16-2-1-9-32(13-16)23(35)14-3-4-14/h5-8,10-11,14,16H,1-4,9,12-13H2,(H2,27,34)(H,28,29,30)/t16-/m0/s1. The van der Waals surface area contributed by atoms with Crippen LogP contribution in [0.1, 0.15) is 31.4 Å². The molecule has 11 heteroatoms. The summed E-state index contributed by atoms with van der Waals surface area (Å²) in [6.07, 6.45) is 5.51. The van der Waals surface area contributed by atoms with Crippen molar-refractivity contribution in [3.63, 3.8) is 0 Å². The quantitative estimate of drug-likeness (QED) is 0.499. The number of likely N-dealkylation sites (tertiary alicyclic amines) is 1. The first-order valence-corrected chi connectivity index (χ1v) is 12.3. The molecule has 0 bridgehead atoms. The first-order valence-electron chi connectivity index (χ1n) is 11.6. The third kappa shape index (κ3) is 5.41. The van der Waals surface area contributed by atoms with Crippen LogP contribution in [0.4, 0.5) is 5.95 Å². The van der Waals surface area contributed by atoms with Gasteiger partial charge in [-0.05, 0) is 43.9 Å². The Morgan fingerprint density at radius 3 is 2.69 bits per heavy atom. The highest BCUT2D eigenvalue weighted by Crippen LogP contribution is 2.32. The molecule has 182 valence electrons. The number of anilines is 1. The van der Waals surface area contributed by atoms with Gasteiger partial charge in [0.2, 0.25) is 17.8 Å². The van der Waals surface area contributed by atoms with E-state index in [0.29, 0.717) is 39.7 Å². The van der Waals surface area contributed by atoms with Crippen molar-refractivity contribution in [3.8, 4) is 17.1 Å². The first-order chi connectivity index (χ1) is 16.9. The van der Waals surface area contributed by atoms with E-state index in [2.05, 4.69) is 20.4 Å². The smallest absolute Gasteiger partial charge is 0.225 e. The molecule has 2 amide bonds. The van der Waals surface area contributed by atoms with Crippen molar-refractivity contribution in [1.82, 2.24) is 24.6 Å². The highest BCUT2D eigenvalue weighted by Gasteiger charge is 2.35. The zero-order valence-electron chi connectivity index (χ0n) is 19.0. The fourth-order valence-electron chi connectivity index (χ4n) is 4.33. The number of hydrogen-bond acceptors (Lipinski definition) is 6. The second-order valence-electron chi connectivity index (χ2n) is 8.99. The molecule has 9 nitrogen and oxygen atoms in total. The number of aromatic nitrogens is 4. The van der Waals surface area contributed by atoms with Gasteiger partial charge >= 0.3 is 0 Å². The summed E-state index contributed by atoms with van der Waals surface area (Å²) in [4.78, 5) is 35.0. The molecule has 1 aliphatic heterocycles. The molecular weight excluding hydrogens is 489 g/mol. The number of benzene rings is 1. The fourth-order valence-corrected chi connectivity index (χ4v) is 4.63. The summed E-state index contributed by atoms with van der Waals surface area (Å²) in [5.41, 5.74) is 7.35. The van der Waals surface area contributed by atoms with Crippen LogP contribution in [0.5, 0.6) is 0 Å². The van der Waals surface area contributed by atoms with E-state index < -0.39 is 5.91 Å². The maximum absolute atomic E-state index is 12.5. The Bertz CT molecular complexity index is 1270. The number of halogens is 2. The van der Waals surface area contributed by atoms with E-state index in [9.17, 15) is 9.59 Å². The van der Waals surface area contributed by atoms with E-state index in [4.69, 9.17) is 28.9 Å². The van der Waals surface area contributed by atoms with Gasteiger partial charge in [0.1, 0.15) is 0 Å². The molecule has 1 saturated heterocycles. The van der Waals surface area contributed by atoms with E-state index >= 15 is 0 Å². The molecule has 0 spiro atoms. The van der Waals surface area contributed by atoms with E-state index in [0.717, 1.165) is 37.8 Å². The zero-order chi connectivity index (χ0) is 24.5. The van der Waals surface area contributed by atoms with Crippen LogP contribution in [0.15, 0.2) is 36.5 Å². The van der Waals surface area contributed by atoms with Crippen LogP contribution in [0.25, 0.3) is 17.1 Å². The highest BCUT2D eigenvalue weighted by atomic mass is 35.5. The van der Waals surface area contributed by atoms with Gasteiger partial charge in [-0.1, -0.05) is 29.3 Å². The van der Waals surface area contributed by atoms with Gasteiger partial charge in [-0.25, -0.2) is 9.67 Å². The Morgan fingerprint density at radius 1 is 1.11 bits per heavy atom. The SMILES string of the molecule is NC(=O)Cc1cc(-c2ccc(Cl)c(Cl)c2)n(-c2ccnc(N[C@H]3CCCN(C(=O)C4CC4)C3)n2)n1. The number of carbonyl (C=O) groups is 2. The Morgan fingerprint density at radius 2 is 1.94 bits per heavy atom. The lowest BCUT2D eigenvalue weighted by Gasteiger charge is -2.33. The van der Waals surface area contributed by atoms with Gasteiger partial charge in [0.25, 0.3) is 0 Å². The summed E-state index contributed by atoms with van der Waals surface area (Å²) in [5, 5.41) is 8.79. The summed E-state index contributed by atoms with van der Waals surface area (Å²) in [6.45, 7) is 1.44. The Kier molecular flexibility index (Phi) is 6.62. The number of nitrogens with zero attached hydrogens (tertiary/aromatic N) is 5. The van der Waals surface area contributed by atoms with Crippen molar-refractivity contribution in [2.45, 2.75) is 38.1 Å². The molecule has 35 heavy (non-hydrogen) atoms. The molecule has 2 aromatic heterocycles. The van der Waals surface area contributed by atoms with Crippen LogP contribution in [0, 0.1) is 5.92 Å². The minimum absolute atomic E-state index is 0.00948. The lowest BCUT2D eigenvalue weighted by molar-refractivity contribution is -0.133. The average Bonchev–Trinajstić information content (AvgIpc) is 3.60. The van der Waals surface area contributed by atoms with Crippen molar-refractivity contribution in [3.05, 3.63) is 52.3 Å². The fraction of sp³-hybridized carbons (Fsp3) is 0.375. The van der Waals surface area contributed by atoms with E-state index in [-0.39, 0.29) is 24.3 Å². The third-order valence-electron chi connectivity index (χ3n) is 6.18. The lowest BCUT2D eigenvalue weighted by atomic mass is 10.1. The third-order valence-corrected chi connectivity index (χ3v) is 6.92. The molecule has 1 saturated carbocycles. The number of hydrogen-bond donors (Lipinski definition) is 2. The molecule has 0 radical (unpaired) electrons. The van der Waals surface area contributed by atoms with Gasteiger partial charge in [0.15, 0.2) is 5.82 Å². The first kappa shape index (κ1) is 23.6. The van der Waals surface area contributed by atoms with E-state index in [1.807, 2.05) is 11.0 Å². The second-order valence-corrected chi connectivity index (χ2v) is 9.80. The van der Waals surface area contributed by atoms with Gasteiger partial charge in [0, 0.05) is 42.9 Å². The molecule has 3 N–H and O–H groups in total. The average molecular weight is 514 g/mol. The maximum atomic E-state index is 12.5. The summed E-state index contributed by atoms with van der Waals surface area (Å²) in [5.74, 6) is 0.947. The summed E-state index contributed by atoms with van der Waals surface area (Å²) >= 11 is 12.3. The van der Waals surface area contributed by atoms with Crippen molar-refractivity contribution in [2.75, 3.05) is 18.4 Å². The van der Waals surface area contributed by atoms with Crippen molar-refractivity contribution < 1.29 is 9.59 Å². The molecule has 3 heterocycles. The maximum Gasteiger partial charge on any atom is 0.225 e. The minimum atomic E-state index is -0.483. The molecule has 2 fully saturated rings. The van der Waals surface area contributed by atoms with Crippen LogP contribution in [-0.4, -0.2) is 55.6 Å². The zero-order valence-corrected chi connectivity index (χ0v) is 20.5. The van der Waals surface area contributed by atoms with Crippen LogP contribution >= 0.6 is 23.2 Å². The van der Waals surface area contributed by atoms with Gasteiger partial charge in [0.05, 0.1) is 27.9 Å². The van der Waals surface area contributed by atoms with Crippen LogP contribution in [-0.2, 0) is 16.0 Å². The topological polar surface area (TPSA) is 119 Å². The number of piperidine rings is 1. The van der Waals surface area contributed by atoms with Crippen LogP contribution in [0.3, 0.4) is 0 Å². The van der Waals surface area contributed by atoms with Crippen molar-refractivity contribution >= 4 is 41.0 Å². The number of primary amides is 1. The predicted octanol–water partition coefficient (Wildman–Crippen LogP) is 3.48. The normalized spacial score (nSPS) is 17.9. The minimum Gasteiger partial charge on any atom is -0.369 e. The Labute approximate surface area is 212 Å². The van der Waals surface area contributed by atoms with E-state index in [1.54, 1.807) is 35.1 Å². The molecule has 3 aromatic rings. The van der Waals surface area contributed by atoms with Crippen LogP contribution in [0.2, 0.25) is 10.0 Å². The van der Waals surface area contributed by atoms with Gasteiger partial charge in [-0.2, -0.15) is 10.1 Å². The number of carbonyl (C=O) groups excluding carboxylic acids is 2. The van der Waals surface area contributed by atoms with Gasteiger partial charge in [-0.3, -0.25) is 9.59 Å². The molecular formula is C24H25Cl2N7O2. The molecule has 2 aliphatic rings.